The number of rotatable bonds is 0. The highest BCUT2D eigenvalue weighted by molar-refractivity contribution is 5.84. The fourth-order valence-electron chi connectivity index (χ4n) is 1.96. The van der Waals surface area contributed by atoms with Gasteiger partial charge in [0.05, 0.1) is 0 Å². The van der Waals surface area contributed by atoms with Gasteiger partial charge in [-0.1, -0.05) is 12.5 Å². The molecule has 0 amide bonds. The molecule has 1 saturated carbocycles. The van der Waals surface area contributed by atoms with Gasteiger partial charge < -0.3 is 4.74 Å². The molecular weight excluding hydrogens is 140 g/mol. The predicted octanol–water partition coefficient (Wildman–Crippen LogP) is 1.66. The Morgan fingerprint density at radius 2 is 2.45 bits per heavy atom. The molecule has 2 rings (SSSR count). The zero-order valence-corrected chi connectivity index (χ0v) is 6.72. The van der Waals surface area contributed by atoms with Crippen LogP contribution in [0.25, 0.3) is 0 Å². The summed E-state index contributed by atoms with van der Waals surface area (Å²) < 4.78 is 4.98. The fourth-order valence-corrected chi connectivity index (χ4v) is 1.96. The molecule has 1 heterocycles. The minimum atomic E-state index is -0.153. The van der Waals surface area contributed by atoms with E-state index in [1.807, 2.05) is 0 Å². The van der Waals surface area contributed by atoms with Crippen LogP contribution in [0.2, 0.25) is 0 Å². The first kappa shape index (κ1) is 6.89. The van der Waals surface area contributed by atoms with Crippen molar-refractivity contribution in [2.75, 3.05) is 6.61 Å². The van der Waals surface area contributed by atoms with Crippen LogP contribution in [0.5, 0.6) is 0 Å². The summed E-state index contributed by atoms with van der Waals surface area (Å²) >= 11 is 0. The van der Waals surface area contributed by atoms with Gasteiger partial charge in [-0.15, -0.1) is 0 Å². The standard InChI is InChI=1S/C9H12O2/c1-9-4-2-3-7(9)5-8(10)11-6-9/h5H,2-4,6H2,1H3. The second kappa shape index (κ2) is 2.10. The highest BCUT2D eigenvalue weighted by Gasteiger charge is 2.37. The van der Waals surface area contributed by atoms with Crippen molar-refractivity contribution in [2.45, 2.75) is 26.2 Å². The molecule has 1 aliphatic carbocycles. The molecule has 2 heteroatoms. The predicted molar refractivity (Wildman–Crippen MR) is 41.0 cm³/mol. The Kier molecular flexibility index (Phi) is 1.31. The fraction of sp³-hybridized carbons (Fsp3) is 0.667. The normalized spacial score (nSPS) is 36.1. The largest absolute Gasteiger partial charge is 0.462 e. The first-order chi connectivity index (χ1) is 5.21. The molecule has 0 aromatic heterocycles. The smallest absolute Gasteiger partial charge is 0.330 e. The lowest BCUT2D eigenvalue weighted by Crippen LogP contribution is -2.28. The van der Waals surface area contributed by atoms with Crippen molar-refractivity contribution in [3.8, 4) is 0 Å². The second-order valence-electron chi connectivity index (χ2n) is 3.69. The minimum absolute atomic E-state index is 0.153. The van der Waals surface area contributed by atoms with E-state index in [1.54, 1.807) is 6.08 Å². The van der Waals surface area contributed by atoms with Crippen LogP contribution in [0.15, 0.2) is 11.6 Å². The Bertz CT molecular complexity index is 230. The van der Waals surface area contributed by atoms with Gasteiger partial charge >= 0.3 is 5.97 Å². The van der Waals surface area contributed by atoms with Gasteiger partial charge in [0.2, 0.25) is 0 Å². The monoisotopic (exact) mass is 152 g/mol. The Balaban J connectivity index is 2.34. The first-order valence-corrected chi connectivity index (χ1v) is 4.08. The maximum absolute atomic E-state index is 10.8. The molecule has 60 valence electrons. The van der Waals surface area contributed by atoms with Crippen molar-refractivity contribution in [1.82, 2.24) is 0 Å². The molecule has 1 atom stereocenters. The van der Waals surface area contributed by atoms with Gasteiger partial charge in [0.15, 0.2) is 0 Å². The van der Waals surface area contributed by atoms with Gasteiger partial charge in [-0.25, -0.2) is 4.79 Å². The van der Waals surface area contributed by atoms with E-state index < -0.39 is 0 Å². The number of fused-ring (bicyclic) bond motifs is 1. The summed E-state index contributed by atoms with van der Waals surface area (Å²) in [5.74, 6) is -0.153. The van der Waals surface area contributed by atoms with Crippen molar-refractivity contribution in [2.24, 2.45) is 5.41 Å². The molecule has 2 nitrogen and oxygen atoms in total. The highest BCUT2D eigenvalue weighted by Crippen LogP contribution is 2.44. The summed E-state index contributed by atoms with van der Waals surface area (Å²) in [5.41, 5.74) is 1.49. The van der Waals surface area contributed by atoms with Crippen molar-refractivity contribution < 1.29 is 9.53 Å². The third kappa shape index (κ3) is 0.971. The molecule has 0 aromatic rings. The van der Waals surface area contributed by atoms with Crippen LogP contribution < -0.4 is 0 Å². The average Bonchev–Trinajstić information content (AvgIpc) is 2.31. The number of hydrogen-bond acceptors (Lipinski definition) is 2. The molecule has 0 bridgehead atoms. The van der Waals surface area contributed by atoms with Crippen molar-refractivity contribution >= 4 is 5.97 Å². The molecule has 2 aliphatic rings. The van der Waals surface area contributed by atoms with E-state index in [0.717, 1.165) is 6.42 Å². The summed E-state index contributed by atoms with van der Waals surface area (Å²) in [6, 6.07) is 0. The van der Waals surface area contributed by atoms with Crippen molar-refractivity contribution in [3.05, 3.63) is 11.6 Å². The van der Waals surface area contributed by atoms with E-state index in [4.69, 9.17) is 4.74 Å². The summed E-state index contributed by atoms with van der Waals surface area (Å²) in [4.78, 5) is 10.8. The zero-order chi connectivity index (χ0) is 7.90. The lowest BCUT2D eigenvalue weighted by atomic mass is 9.84. The van der Waals surface area contributed by atoms with Crippen LogP contribution in [0.3, 0.4) is 0 Å². The first-order valence-electron chi connectivity index (χ1n) is 4.08. The maximum Gasteiger partial charge on any atom is 0.330 e. The lowest BCUT2D eigenvalue weighted by Gasteiger charge is -2.28. The quantitative estimate of drug-likeness (QED) is 0.493. The SMILES string of the molecule is CC12CCCC1=CC(=O)OC2. The molecule has 0 aromatic carbocycles. The molecule has 1 fully saturated rings. The van der Waals surface area contributed by atoms with Crippen LogP contribution >= 0.6 is 0 Å². The van der Waals surface area contributed by atoms with Crippen LogP contribution in [-0.2, 0) is 9.53 Å². The summed E-state index contributed by atoms with van der Waals surface area (Å²) in [5, 5.41) is 0. The summed E-state index contributed by atoms with van der Waals surface area (Å²) in [6.45, 7) is 2.77. The Morgan fingerprint density at radius 3 is 3.27 bits per heavy atom. The molecule has 11 heavy (non-hydrogen) atoms. The maximum atomic E-state index is 10.8. The number of ether oxygens (including phenoxy) is 1. The second-order valence-corrected chi connectivity index (χ2v) is 3.69. The highest BCUT2D eigenvalue weighted by atomic mass is 16.5. The van der Waals surface area contributed by atoms with Crippen LogP contribution in [-0.4, -0.2) is 12.6 Å². The molecule has 0 saturated heterocycles. The molecule has 0 radical (unpaired) electrons. The molecule has 0 spiro atoms. The third-order valence-corrected chi connectivity index (χ3v) is 2.77. The van der Waals surface area contributed by atoms with Crippen molar-refractivity contribution in [3.63, 3.8) is 0 Å². The number of hydrogen-bond donors (Lipinski definition) is 0. The molecule has 0 N–H and O–H groups in total. The summed E-state index contributed by atoms with van der Waals surface area (Å²) in [7, 11) is 0. The molecular formula is C9H12O2. The van der Waals surface area contributed by atoms with E-state index in [2.05, 4.69) is 6.92 Å². The number of cyclic esters (lactones) is 1. The zero-order valence-electron chi connectivity index (χ0n) is 6.72. The van der Waals surface area contributed by atoms with E-state index in [-0.39, 0.29) is 11.4 Å². The van der Waals surface area contributed by atoms with E-state index in [9.17, 15) is 4.79 Å². The van der Waals surface area contributed by atoms with Crippen LogP contribution in [0, 0.1) is 5.41 Å². The lowest BCUT2D eigenvalue weighted by molar-refractivity contribution is -0.141. The molecule has 1 unspecified atom stereocenters. The van der Waals surface area contributed by atoms with Crippen LogP contribution in [0.1, 0.15) is 26.2 Å². The number of carbonyl (C=O) groups is 1. The van der Waals surface area contributed by atoms with Gasteiger partial charge in [0, 0.05) is 11.5 Å². The summed E-state index contributed by atoms with van der Waals surface area (Å²) in [6.07, 6.45) is 5.15. The Hall–Kier alpha value is -0.790. The third-order valence-electron chi connectivity index (χ3n) is 2.77. The van der Waals surface area contributed by atoms with Gasteiger partial charge in [-0.3, -0.25) is 0 Å². The number of carbonyl (C=O) groups excluding carboxylic acids is 1. The minimum Gasteiger partial charge on any atom is -0.462 e. The topological polar surface area (TPSA) is 26.3 Å². The van der Waals surface area contributed by atoms with Gasteiger partial charge in [-0.2, -0.15) is 0 Å². The van der Waals surface area contributed by atoms with Crippen molar-refractivity contribution in [1.29, 1.82) is 0 Å². The van der Waals surface area contributed by atoms with E-state index in [0.29, 0.717) is 6.61 Å². The van der Waals surface area contributed by atoms with E-state index >= 15 is 0 Å². The Morgan fingerprint density at radius 1 is 1.64 bits per heavy atom. The van der Waals surface area contributed by atoms with Gasteiger partial charge in [0.25, 0.3) is 0 Å². The van der Waals surface area contributed by atoms with E-state index in [1.165, 1.54) is 18.4 Å². The molecule has 1 aliphatic heterocycles. The van der Waals surface area contributed by atoms with Gasteiger partial charge in [-0.05, 0) is 19.3 Å². The average molecular weight is 152 g/mol. The van der Waals surface area contributed by atoms with Gasteiger partial charge in [0.1, 0.15) is 6.61 Å². The Labute approximate surface area is 66.2 Å². The number of esters is 1. The van der Waals surface area contributed by atoms with Crippen LogP contribution in [0.4, 0.5) is 0 Å².